The highest BCUT2D eigenvalue weighted by molar-refractivity contribution is 7.89. The topological polar surface area (TPSA) is 113 Å². The van der Waals surface area contributed by atoms with E-state index in [9.17, 15) is 18.5 Å². The number of nitro groups is 1. The molecule has 9 heteroatoms. The standard InChI is InChI=1S/C21H28N4O4S/c1-20(2)13-16(14-21(3,4)24-20)23-30(28,29)17-10-11-18(19(12-17)25(26)27)22-15-8-6-5-7-9-15/h5-12,16,22-24H,13-14H2,1-4H3. The number of hydrogen-bond donors (Lipinski definition) is 3. The van der Waals surface area contributed by atoms with Gasteiger partial charge in [-0.2, -0.15) is 0 Å². The lowest BCUT2D eigenvalue weighted by molar-refractivity contribution is -0.384. The zero-order valence-corrected chi connectivity index (χ0v) is 18.4. The van der Waals surface area contributed by atoms with E-state index in [1.165, 1.54) is 12.1 Å². The largest absolute Gasteiger partial charge is 0.350 e. The second kappa shape index (κ2) is 7.98. The summed E-state index contributed by atoms with van der Waals surface area (Å²) >= 11 is 0. The predicted octanol–water partition coefficient (Wildman–Crippen LogP) is 3.93. The van der Waals surface area contributed by atoms with E-state index in [0.29, 0.717) is 18.5 Å². The van der Waals surface area contributed by atoms with Crippen molar-refractivity contribution in [2.45, 2.75) is 62.6 Å². The molecule has 0 unspecified atom stereocenters. The normalized spacial score (nSPS) is 18.7. The minimum Gasteiger partial charge on any atom is -0.350 e. The first kappa shape index (κ1) is 22.2. The van der Waals surface area contributed by atoms with Crippen LogP contribution in [0.2, 0.25) is 0 Å². The molecule has 2 aromatic rings. The first-order valence-electron chi connectivity index (χ1n) is 9.79. The lowest BCUT2D eigenvalue weighted by Crippen LogP contribution is -2.62. The van der Waals surface area contributed by atoms with Gasteiger partial charge < -0.3 is 10.6 Å². The van der Waals surface area contributed by atoms with Crippen molar-refractivity contribution in [3.63, 3.8) is 0 Å². The zero-order valence-electron chi connectivity index (χ0n) is 17.6. The Hall–Kier alpha value is -2.49. The molecule has 1 aliphatic heterocycles. The highest BCUT2D eigenvalue weighted by atomic mass is 32.2. The summed E-state index contributed by atoms with van der Waals surface area (Å²) in [5.74, 6) is 0. The van der Waals surface area contributed by atoms with Gasteiger partial charge in [-0.15, -0.1) is 0 Å². The number of rotatable bonds is 6. The number of nitrogens with zero attached hydrogens (tertiary/aromatic N) is 1. The van der Waals surface area contributed by atoms with Crippen LogP contribution in [0, 0.1) is 10.1 Å². The van der Waals surface area contributed by atoms with Gasteiger partial charge in [0.05, 0.1) is 9.82 Å². The van der Waals surface area contributed by atoms with E-state index in [1.54, 1.807) is 24.3 Å². The summed E-state index contributed by atoms with van der Waals surface area (Å²) in [6.07, 6.45) is 1.23. The Balaban J connectivity index is 1.87. The summed E-state index contributed by atoms with van der Waals surface area (Å²) in [5, 5.41) is 18.1. The molecule has 0 spiro atoms. The average Bonchev–Trinajstić information content (AvgIpc) is 2.59. The van der Waals surface area contributed by atoms with E-state index in [0.717, 1.165) is 6.07 Å². The third kappa shape index (κ3) is 5.35. The number of hydrogen-bond acceptors (Lipinski definition) is 6. The van der Waals surface area contributed by atoms with Crippen molar-refractivity contribution in [1.29, 1.82) is 0 Å². The van der Waals surface area contributed by atoms with E-state index in [4.69, 9.17) is 0 Å². The molecule has 0 radical (unpaired) electrons. The van der Waals surface area contributed by atoms with E-state index in [2.05, 4.69) is 15.4 Å². The molecule has 3 N–H and O–H groups in total. The van der Waals surface area contributed by atoms with Gasteiger partial charge in [0, 0.05) is 28.9 Å². The van der Waals surface area contributed by atoms with Crippen LogP contribution in [-0.2, 0) is 10.0 Å². The highest BCUT2D eigenvalue weighted by Crippen LogP contribution is 2.32. The molecule has 0 saturated carbocycles. The predicted molar refractivity (Wildman–Crippen MR) is 117 cm³/mol. The average molecular weight is 433 g/mol. The molecule has 3 rings (SSSR count). The van der Waals surface area contributed by atoms with Crippen LogP contribution in [0.3, 0.4) is 0 Å². The monoisotopic (exact) mass is 432 g/mol. The maximum Gasteiger partial charge on any atom is 0.294 e. The minimum absolute atomic E-state index is 0.123. The Morgan fingerprint density at radius 1 is 1.03 bits per heavy atom. The van der Waals surface area contributed by atoms with Gasteiger partial charge in [0.25, 0.3) is 5.69 Å². The fraction of sp³-hybridized carbons (Fsp3) is 0.429. The Bertz CT molecular complexity index is 1020. The molecule has 1 fully saturated rings. The Labute approximate surface area is 177 Å². The van der Waals surface area contributed by atoms with Crippen molar-refractivity contribution in [1.82, 2.24) is 10.0 Å². The fourth-order valence-corrected chi connectivity index (χ4v) is 5.56. The molecular formula is C21H28N4O4S. The fourth-order valence-electron chi connectivity index (χ4n) is 4.31. The van der Waals surface area contributed by atoms with Crippen LogP contribution in [0.4, 0.5) is 17.1 Å². The molecular weight excluding hydrogens is 404 g/mol. The second-order valence-corrected chi connectivity index (χ2v) is 10.8. The number of benzene rings is 2. The van der Waals surface area contributed by atoms with Gasteiger partial charge in [0.1, 0.15) is 5.69 Å². The van der Waals surface area contributed by atoms with Crippen LogP contribution in [0.1, 0.15) is 40.5 Å². The van der Waals surface area contributed by atoms with Gasteiger partial charge in [0.15, 0.2) is 0 Å². The Kier molecular flexibility index (Phi) is 5.90. The summed E-state index contributed by atoms with van der Waals surface area (Å²) in [5.41, 5.74) is 0.143. The lowest BCUT2D eigenvalue weighted by atomic mass is 9.80. The molecule has 0 bridgehead atoms. The third-order valence-corrected chi connectivity index (χ3v) is 6.56. The zero-order chi connectivity index (χ0) is 22.2. The summed E-state index contributed by atoms with van der Waals surface area (Å²) in [6.45, 7) is 8.13. The van der Waals surface area contributed by atoms with Crippen LogP contribution in [0.15, 0.2) is 53.4 Å². The quantitative estimate of drug-likeness (QED) is 0.471. The van der Waals surface area contributed by atoms with Crippen molar-refractivity contribution in [3.05, 3.63) is 58.6 Å². The summed E-state index contributed by atoms with van der Waals surface area (Å²) < 4.78 is 28.7. The Morgan fingerprint density at radius 3 is 2.20 bits per heavy atom. The number of nitrogens with one attached hydrogen (secondary N) is 3. The maximum atomic E-state index is 13.0. The van der Waals surface area contributed by atoms with Gasteiger partial charge in [-0.3, -0.25) is 10.1 Å². The van der Waals surface area contributed by atoms with Gasteiger partial charge >= 0.3 is 0 Å². The molecule has 0 atom stereocenters. The first-order valence-corrected chi connectivity index (χ1v) is 11.3. The molecule has 0 aromatic heterocycles. The van der Waals surface area contributed by atoms with E-state index in [1.807, 2.05) is 33.8 Å². The molecule has 1 aliphatic rings. The number of sulfonamides is 1. The van der Waals surface area contributed by atoms with Crippen molar-refractivity contribution >= 4 is 27.1 Å². The van der Waals surface area contributed by atoms with Gasteiger partial charge in [-0.05, 0) is 64.8 Å². The molecule has 162 valence electrons. The number of anilines is 2. The second-order valence-electron chi connectivity index (χ2n) is 9.05. The van der Waals surface area contributed by atoms with E-state index in [-0.39, 0.29) is 33.4 Å². The molecule has 8 nitrogen and oxygen atoms in total. The molecule has 1 saturated heterocycles. The molecule has 30 heavy (non-hydrogen) atoms. The summed E-state index contributed by atoms with van der Waals surface area (Å²) in [6, 6.07) is 12.6. The van der Waals surface area contributed by atoms with Crippen LogP contribution in [0.25, 0.3) is 0 Å². The van der Waals surface area contributed by atoms with E-state index < -0.39 is 14.9 Å². The van der Waals surface area contributed by atoms with Crippen LogP contribution >= 0.6 is 0 Å². The molecule has 2 aromatic carbocycles. The first-order chi connectivity index (χ1) is 13.9. The third-order valence-electron chi connectivity index (χ3n) is 5.04. The van der Waals surface area contributed by atoms with Crippen LogP contribution < -0.4 is 15.4 Å². The SMILES string of the molecule is CC1(C)CC(NS(=O)(=O)c2ccc(Nc3ccccc3)c([N+](=O)[O-])c2)CC(C)(C)N1. The van der Waals surface area contributed by atoms with Crippen molar-refractivity contribution in [3.8, 4) is 0 Å². The van der Waals surface area contributed by atoms with Gasteiger partial charge in [-0.1, -0.05) is 18.2 Å². The number of para-hydroxylation sites is 1. The molecule has 0 aliphatic carbocycles. The van der Waals surface area contributed by atoms with Crippen molar-refractivity contribution < 1.29 is 13.3 Å². The maximum absolute atomic E-state index is 13.0. The molecule has 1 heterocycles. The van der Waals surface area contributed by atoms with Crippen molar-refractivity contribution in [2.75, 3.05) is 5.32 Å². The smallest absolute Gasteiger partial charge is 0.294 e. The highest BCUT2D eigenvalue weighted by Gasteiger charge is 2.39. The number of nitro benzene ring substituents is 1. The van der Waals surface area contributed by atoms with E-state index >= 15 is 0 Å². The van der Waals surface area contributed by atoms with Gasteiger partial charge in [0.2, 0.25) is 10.0 Å². The summed E-state index contributed by atoms with van der Waals surface area (Å²) in [4.78, 5) is 10.9. The van der Waals surface area contributed by atoms with Gasteiger partial charge in [-0.25, -0.2) is 13.1 Å². The lowest BCUT2D eigenvalue weighted by Gasteiger charge is -2.46. The Morgan fingerprint density at radius 2 is 1.63 bits per heavy atom. The van der Waals surface area contributed by atoms with Crippen LogP contribution in [0.5, 0.6) is 0 Å². The van der Waals surface area contributed by atoms with Crippen LogP contribution in [-0.4, -0.2) is 30.5 Å². The minimum atomic E-state index is -3.92. The number of piperidine rings is 1. The molecule has 0 amide bonds. The van der Waals surface area contributed by atoms with Crippen molar-refractivity contribution in [2.24, 2.45) is 0 Å². The summed E-state index contributed by atoms with van der Waals surface area (Å²) in [7, 11) is -3.92.